The average Bonchev–Trinajstić information content (AvgIpc) is 2.47. The lowest BCUT2D eigenvalue weighted by Gasteiger charge is -2.33. The smallest absolute Gasteiger partial charge is 0.221 e. The zero-order valence-electron chi connectivity index (χ0n) is 13.5. The molecule has 27 heavy (non-hydrogen) atoms. The van der Waals surface area contributed by atoms with E-state index in [0.29, 0.717) is 12.1 Å². The van der Waals surface area contributed by atoms with Crippen molar-refractivity contribution < 1.29 is 35.1 Å². The minimum atomic E-state index is -6.34. The maximum absolute atomic E-state index is 14.7. The third kappa shape index (κ3) is 3.59. The number of benzene rings is 1. The van der Waals surface area contributed by atoms with E-state index in [-0.39, 0.29) is 11.1 Å². The van der Waals surface area contributed by atoms with Crippen LogP contribution in [0.15, 0.2) is 18.2 Å². The minimum Gasteiger partial charge on any atom is -0.221 e. The number of aromatic nitrogens is 1. The number of alkyl halides is 7. The van der Waals surface area contributed by atoms with Gasteiger partial charge >= 0.3 is 18.0 Å². The minimum absolute atomic E-state index is 0.0692. The van der Waals surface area contributed by atoms with Crippen LogP contribution in [0.1, 0.15) is 16.7 Å². The molecule has 148 valence electrons. The lowest BCUT2D eigenvalue weighted by atomic mass is 9.84. The maximum atomic E-state index is 14.7. The summed E-state index contributed by atoms with van der Waals surface area (Å²) in [7, 11) is 0. The van der Waals surface area contributed by atoms with E-state index >= 15 is 0 Å². The topological polar surface area (TPSA) is 12.9 Å². The maximum Gasteiger partial charge on any atom is 0.435 e. The fraction of sp³-hybridized carbons (Fsp3) is 0.312. The van der Waals surface area contributed by atoms with Crippen LogP contribution in [0.4, 0.5) is 35.1 Å². The lowest BCUT2D eigenvalue weighted by molar-refractivity contribution is -0.348. The summed E-state index contributed by atoms with van der Waals surface area (Å²) >= 11 is 11.2. The summed E-state index contributed by atoms with van der Waals surface area (Å²) < 4.78 is 108. The van der Waals surface area contributed by atoms with E-state index in [1.54, 1.807) is 0 Å². The van der Waals surface area contributed by atoms with Gasteiger partial charge in [-0.05, 0) is 31.0 Å². The zero-order chi connectivity index (χ0) is 20.9. The highest BCUT2D eigenvalue weighted by Gasteiger charge is 2.74. The monoisotopic (exact) mass is 437 g/mol. The second-order valence-corrected chi connectivity index (χ2v) is 6.47. The van der Waals surface area contributed by atoms with Crippen LogP contribution in [0.3, 0.4) is 0 Å². The van der Waals surface area contributed by atoms with Crippen molar-refractivity contribution in [3.8, 4) is 11.1 Å². The van der Waals surface area contributed by atoms with Gasteiger partial charge in [0.1, 0.15) is 5.15 Å². The number of pyridine rings is 1. The molecule has 0 amide bonds. The highest BCUT2D eigenvalue weighted by molar-refractivity contribution is 6.34. The van der Waals surface area contributed by atoms with Crippen LogP contribution < -0.4 is 0 Å². The van der Waals surface area contributed by atoms with Gasteiger partial charge in [0.2, 0.25) is 0 Å². The molecule has 0 bridgehead atoms. The van der Waals surface area contributed by atoms with Crippen molar-refractivity contribution in [3.05, 3.63) is 51.0 Å². The van der Waals surface area contributed by atoms with Crippen molar-refractivity contribution in [2.24, 2.45) is 0 Å². The summed E-state index contributed by atoms with van der Waals surface area (Å²) in [5.74, 6) is -1.24. The van der Waals surface area contributed by atoms with E-state index in [2.05, 4.69) is 4.98 Å². The van der Waals surface area contributed by atoms with Gasteiger partial charge in [0, 0.05) is 11.1 Å². The molecule has 0 aliphatic heterocycles. The molecule has 1 heterocycles. The highest BCUT2D eigenvalue weighted by atomic mass is 35.5. The SMILES string of the molecule is Cc1cc(C)c(-c2cc(F)c(Cl)nc2Cl)c(C(F)(C(F)(F)F)C(F)(F)F)c1. The molecule has 0 atom stereocenters. The summed E-state index contributed by atoms with van der Waals surface area (Å²) in [5.41, 5.74) is -9.25. The van der Waals surface area contributed by atoms with Crippen LogP contribution in [0.5, 0.6) is 0 Å². The Kier molecular flexibility index (Phi) is 5.44. The molecule has 2 aromatic rings. The quantitative estimate of drug-likeness (QED) is 0.360. The van der Waals surface area contributed by atoms with Crippen LogP contribution in [-0.2, 0) is 5.67 Å². The largest absolute Gasteiger partial charge is 0.435 e. The molecule has 0 fully saturated rings. The molecule has 0 radical (unpaired) electrons. The van der Waals surface area contributed by atoms with Crippen molar-refractivity contribution >= 4 is 23.2 Å². The van der Waals surface area contributed by atoms with Gasteiger partial charge in [-0.1, -0.05) is 40.9 Å². The predicted molar refractivity (Wildman–Crippen MR) is 84.0 cm³/mol. The van der Waals surface area contributed by atoms with Gasteiger partial charge in [-0.2, -0.15) is 26.3 Å². The molecule has 0 aliphatic carbocycles. The molecule has 2 rings (SSSR count). The van der Waals surface area contributed by atoms with Crippen LogP contribution >= 0.6 is 23.2 Å². The molecule has 1 aromatic heterocycles. The number of hydrogen-bond donors (Lipinski definition) is 0. The molecule has 0 aliphatic rings. The standard InChI is InChI=1S/C16H9Cl2F8N/c1-6-3-7(2)11(8-5-10(19)13(18)27-12(8)17)9(4-6)14(20,15(21,22)23)16(24,25)26/h3-5H,1-2H3. The fourth-order valence-electron chi connectivity index (χ4n) is 2.68. The molecule has 11 heteroatoms. The van der Waals surface area contributed by atoms with Crippen molar-refractivity contribution in [3.63, 3.8) is 0 Å². The Morgan fingerprint density at radius 2 is 1.33 bits per heavy atom. The zero-order valence-corrected chi connectivity index (χ0v) is 15.0. The van der Waals surface area contributed by atoms with E-state index in [4.69, 9.17) is 23.2 Å². The van der Waals surface area contributed by atoms with Gasteiger partial charge in [-0.3, -0.25) is 0 Å². The van der Waals surface area contributed by atoms with Crippen LogP contribution in [-0.4, -0.2) is 17.3 Å². The molecule has 1 aromatic carbocycles. The first-order valence-electron chi connectivity index (χ1n) is 7.07. The number of nitrogens with zero attached hydrogens (tertiary/aromatic N) is 1. The summed E-state index contributed by atoms with van der Waals surface area (Å²) in [6.07, 6.45) is -12.7. The molecule has 1 nitrogen and oxygen atoms in total. The average molecular weight is 438 g/mol. The van der Waals surface area contributed by atoms with E-state index in [9.17, 15) is 35.1 Å². The molecule has 0 unspecified atom stereocenters. The Hall–Kier alpha value is -1.61. The Morgan fingerprint density at radius 1 is 0.815 bits per heavy atom. The van der Waals surface area contributed by atoms with Gasteiger partial charge in [-0.15, -0.1) is 0 Å². The molecular weight excluding hydrogens is 429 g/mol. The van der Waals surface area contributed by atoms with Gasteiger partial charge in [-0.25, -0.2) is 13.8 Å². The van der Waals surface area contributed by atoms with Crippen molar-refractivity contribution in [1.29, 1.82) is 0 Å². The third-order valence-electron chi connectivity index (χ3n) is 3.79. The summed E-state index contributed by atoms with van der Waals surface area (Å²) in [6.45, 7) is 2.33. The van der Waals surface area contributed by atoms with Gasteiger partial charge in [0.15, 0.2) is 11.0 Å². The highest BCUT2D eigenvalue weighted by Crippen LogP contribution is 2.56. The van der Waals surface area contributed by atoms with Crippen LogP contribution in [0.25, 0.3) is 11.1 Å². The normalized spacial score (nSPS) is 13.2. The van der Waals surface area contributed by atoms with E-state index < -0.39 is 50.8 Å². The number of hydrogen-bond acceptors (Lipinski definition) is 1. The molecule has 0 saturated heterocycles. The molecule has 0 spiro atoms. The van der Waals surface area contributed by atoms with E-state index in [1.165, 1.54) is 13.0 Å². The van der Waals surface area contributed by atoms with E-state index in [0.717, 1.165) is 6.92 Å². The number of aryl methyl sites for hydroxylation is 2. The summed E-state index contributed by atoms with van der Waals surface area (Å²) in [4.78, 5) is 3.33. The van der Waals surface area contributed by atoms with Crippen molar-refractivity contribution in [2.75, 3.05) is 0 Å². The first kappa shape index (κ1) is 21.7. The van der Waals surface area contributed by atoms with Crippen molar-refractivity contribution in [1.82, 2.24) is 4.98 Å². The number of rotatable bonds is 2. The molecule has 0 N–H and O–H groups in total. The Balaban J connectivity index is 3.01. The Bertz CT molecular complexity index is 875. The Labute approximate surface area is 157 Å². The molecule has 0 saturated carbocycles. The van der Waals surface area contributed by atoms with Gasteiger partial charge < -0.3 is 0 Å². The van der Waals surface area contributed by atoms with Crippen molar-refractivity contribution in [2.45, 2.75) is 31.9 Å². The van der Waals surface area contributed by atoms with Gasteiger partial charge in [0.05, 0.1) is 0 Å². The first-order valence-corrected chi connectivity index (χ1v) is 7.83. The first-order chi connectivity index (χ1) is 12.1. The van der Waals surface area contributed by atoms with Gasteiger partial charge in [0.25, 0.3) is 0 Å². The Morgan fingerprint density at radius 3 is 1.81 bits per heavy atom. The molecular formula is C16H9Cl2F8N. The summed E-state index contributed by atoms with van der Waals surface area (Å²) in [6, 6.07) is 2.10. The predicted octanol–water partition coefficient (Wildman–Crippen LogP) is 7.10. The fourth-order valence-corrected chi connectivity index (χ4v) is 3.10. The second kappa shape index (κ2) is 6.77. The lowest BCUT2D eigenvalue weighted by Crippen LogP contribution is -2.50. The summed E-state index contributed by atoms with van der Waals surface area (Å²) in [5, 5.41) is -1.42. The second-order valence-electron chi connectivity index (χ2n) is 5.76. The third-order valence-corrected chi connectivity index (χ3v) is 4.34. The number of halogens is 10. The van der Waals surface area contributed by atoms with E-state index in [1.807, 2.05) is 0 Å². The van der Waals surface area contributed by atoms with Crippen LogP contribution in [0.2, 0.25) is 10.3 Å². The van der Waals surface area contributed by atoms with Crippen LogP contribution in [0, 0.1) is 19.7 Å².